The van der Waals surface area contributed by atoms with Gasteiger partial charge in [-0.1, -0.05) is 20.8 Å². The molecule has 0 heterocycles. The first-order valence-corrected chi connectivity index (χ1v) is 7.02. The van der Waals surface area contributed by atoms with E-state index >= 15 is 0 Å². The number of methoxy groups -OCH3 is 1. The molecule has 19 heavy (non-hydrogen) atoms. The van der Waals surface area contributed by atoms with Crippen LogP contribution in [0.3, 0.4) is 0 Å². The number of benzene rings is 1. The summed E-state index contributed by atoms with van der Waals surface area (Å²) in [4.78, 5) is 2.21. The molecule has 3 heteroatoms. The van der Waals surface area contributed by atoms with Crippen molar-refractivity contribution in [3.63, 3.8) is 0 Å². The predicted molar refractivity (Wildman–Crippen MR) is 81.1 cm³/mol. The molecule has 0 amide bonds. The monoisotopic (exact) mass is 265 g/mol. The first kappa shape index (κ1) is 15.8. The number of aliphatic hydroxyl groups is 1. The molecule has 0 aliphatic heterocycles. The van der Waals surface area contributed by atoms with Gasteiger partial charge in [0.25, 0.3) is 0 Å². The summed E-state index contributed by atoms with van der Waals surface area (Å²) in [5, 5.41) is 9.43. The summed E-state index contributed by atoms with van der Waals surface area (Å²) in [6.45, 7) is 7.54. The second-order valence-electron chi connectivity index (χ2n) is 5.42. The van der Waals surface area contributed by atoms with Crippen LogP contribution in [0.4, 0.5) is 5.69 Å². The van der Waals surface area contributed by atoms with Crippen molar-refractivity contribution in [1.29, 1.82) is 0 Å². The van der Waals surface area contributed by atoms with E-state index in [1.165, 1.54) is 11.3 Å². The van der Waals surface area contributed by atoms with E-state index in [0.29, 0.717) is 11.8 Å². The Kier molecular flexibility index (Phi) is 6.16. The van der Waals surface area contributed by atoms with Crippen LogP contribution >= 0.6 is 0 Å². The molecule has 0 aliphatic rings. The van der Waals surface area contributed by atoms with Gasteiger partial charge in [0, 0.05) is 31.8 Å². The first-order valence-electron chi connectivity index (χ1n) is 7.02. The van der Waals surface area contributed by atoms with E-state index in [0.717, 1.165) is 18.7 Å². The zero-order valence-electron chi connectivity index (χ0n) is 12.8. The van der Waals surface area contributed by atoms with Gasteiger partial charge in [0.05, 0.1) is 7.11 Å². The third-order valence-corrected chi connectivity index (χ3v) is 3.77. The number of rotatable bonds is 7. The van der Waals surface area contributed by atoms with Crippen LogP contribution in [0.2, 0.25) is 0 Å². The Morgan fingerprint density at radius 3 is 2.47 bits per heavy atom. The van der Waals surface area contributed by atoms with Crippen molar-refractivity contribution in [3.8, 4) is 5.75 Å². The van der Waals surface area contributed by atoms with Crippen molar-refractivity contribution < 1.29 is 9.84 Å². The fourth-order valence-corrected chi connectivity index (χ4v) is 2.22. The summed E-state index contributed by atoms with van der Waals surface area (Å²) in [5.41, 5.74) is 2.40. The number of hydrogen-bond acceptors (Lipinski definition) is 3. The summed E-state index contributed by atoms with van der Waals surface area (Å²) in [6.07, 6.45) is 0.957. The van der Waals surface area contributed by atoms with Gasteiger partial charge in [-0.3, -0.25) is 0 Å². The van der Waals surface area contributed by atoms with Crippen LogP contribution in [-0.4, -0.2) is 32.4 Å². The van der Waals surface area contributed by atoms with Crippen molar-refractivity contribution in [2.24, 2.45) is 11.8 Å². The van der Waals surface area contributed by atoms with Crippen LogP contribution in [-0.2, 0) is 6.42 Å². The molecule has 1 N–H and O–H groups in total. The lowest BCUT2D eigenvalue weighted by atomic mass is 9.96. The number of aliphatic hydroxyl groups excluding tert-OH is 1. The van der Waals surface area contributed by atoms with Gasteiger partial charge in [-0.05, 0) is 36.1 Å². The zero-order chi connectivity index (χ0) is 14.4. The Labute approximate surface area is 117 Å². The third-order valence-electron chi connectivity index (χ3n) is 3.77. The minimum Gasteiger partial charge on any atom is -0.496 e. The van der Waals surface area contributed by atoms with Gasteiger partial charge in [0.1, 0.15) is 5.75 Å². The van der Waals surface area contributed by atoms with Crippen molar-refractivity contribution >= 4 is 5.69 Å². The minimum absolute atomic E-state index is 0.235. The highest BCUT2D eigenvalue weighted by Crippen LogP contribution is 2.26. The van der Waals surface area contributed by atoms with E-state index in [2.05, 4.69) is 44.9 Å². The maximum atomic E-state index is 9.43. The highest BCUT2D eigenvalue weighted by Gasteiger charge is 2.15. The summed E-state index contributed by atoms with van der Waals surface area (Å²) < 4.78 is 5.35. The van der Waals surface area contributed by atoms with Crippen LogP contribution < -0.4 is 9.64 Å². The quantitative estimate of drug-likeness (QED) is 0.822. The van der Waals surface area contributed by atoms with E-state index in [-0.39, 0.29) is 6.61 Å². The molecule has 0 aliphatic carbocycles. The van der Waals surface area contributed by atoms with E-state index in [1.807, 2.05) is 6.07 Å². The smallest absolute Gasteiger partial charge is 0.122 e. The number of hydrogen-bond donors (Lipinski definition) is 1. The average molecular weight is 265 g/mol. The third kappa shape index (κ3) is 4.13. The number of aryl methyl sites for hydroxylation is 1. The Balaban J connectivity index is 2.84. The maximum absolute atomic E-state index is 9.43. The number of anilines is 1. The Bertz CT molecular complexity index is 390. The van der Waals surface area contributed by atoms with Gasteiger partial charge in [0.15, 0.2) is 0 Å². The second kappa shape index (κ2) is 7.39. The molecular weight excluding hydrogens is 238 g/mol. The molecule has 1 rings (SSSR count). The van der Waals surface area contributed by atoms with Crippen molar-refractivity contribution in [2.45, 2.75) is 27.2 Å². The topological polar surface area (TPSA) is 32.7 Å². The lowest BCUT2D eigenvalue weighted by Gasteiger charge is -2.27. The standard InChI is InChI=1S/C16H27NO2/c1-6-13-9-15(7-8-16(13)19-5)17(4)10-14(11-18)12(2)3/h7-9,12,14,18H,6,10-11H2,1-5H3. The van der Waals surface area contributed by atoms with E-state index in [1.54, 1.807) is 7.11 Å². The van der Waals surface area contributed by atoms with Crippen LogP contribution in [0.1, 0.15) is 26.3 Å². The van der Waals surface area contributed by atoms with Crippen molar-refractivity contribution in [1.82, 2.24) is 0 Å². The molecule has 0 saturated heterocycles. The first-order chi connectivity index (χ1) is 9.03. The molecule has 0 spiro atoms. The van der Waals surface area contributed by atoms with Gasteiger partial charge < -0.3 is 14.7 Å². The molecule has 1 unspecified atom stereocenters. The molecular formula is C16H27NO2. The second-order valence-corrected chi connectivity index (χ2v) is 5.42. The fraction of sp³-hybridized carbons (Fsp3) is 0.625. The number of nitrogens with zero attached hydrogens (tertiary/aromatic N) is 1. The largest absolute Gasteiger partial charge is 0.496 e. The predicted octanol–water partition coefficient (Wildman–Crippen LogP) is 2.96. The molecule has 108 valence electrons. The normalized spacial score (nSPS) is 12.6. The minimum atomic E-state index is 0.235. The van der Waals surface area contributed by atoms with Crippen molar-refractivity contribution in [3.05, 3.63) is 23.8 Å². The highest BCUT2D eigenvalue weighted by molar-refractivity contribution is 5.52. The van der Waals surface area contributed by atoms with Crippen LogP contribution in [0.25, 0.3) is 0 Å². The molecule has 1 aromatic rings. The lowest BCUT2D eigenvalue weighted by molar-refractivity contribution is 0.193. The molecule has 1 atom stereocenters. The molecule has 0 aromatic heterocycles. The summed E-state index contributed by atoms with van der Waals surface area (Å²) in [6, 6.07) is 6.27. The maximum Gasteiger partial charge on any atom is 0.122 e. The average Bonchev–Trinajstić information content (AvgIpc) is 2.43. The van der Waals surface area contributed by atoms with Gasteiger partial charge >= 0.3 is 0 Å². The van der Waals surface area contributed by atoms with Crippen LogP contribution in [0.5, 0.6) is 5.75 Å². The Morgan fingerprint density at radius 2 is 2.00 bits per heavy atom. The fourth-order valence-electron chi connectivity index (χ4n) is 2.22. The summed E-state index contributed by atoms with van der Waals surface area (Å²) in [7, 11) is 3.78. The molecule has 0 bridgehead atoms. The molecule has 0 fully saturated rings. The van der Waals surface area contributed by atoms with Crippen LogP contribution in [0, 0.1) is 11.8 Å². The summed E-state index contributed by atoms with van der Waals surface area (Å²) >= 11 is 0. The lowest BCUT2D eigenvalue weighted by Crippen LogP contribution is -2.30. The highest BCUT2D eigenvalue weighted by atomic mass is 16.5. The van der Waals surface area contributed by atoms with Gasteiger partial charge in [-0.15, -0.1) is 0 Å². The van der Waals surface area contributed by atoms with Gasteiger partial charge in [-0.2, -0.15) is 0 Å². The van der Waals surface area contributed by atoms with Gasteiger partial charge in [0.2, 0.25) is 0 Å². The Morgan fingerprint density at radius 1 is 1.32 bits per heavy atom. The zero-order valence-corrected chi connectivity index (χ0v) is 12.8. The van der Waals surface area contributed by atoms with E-state index in [9.17, 15) is 5.11 Å². The van der Waals surface area contributed by atoms with Gasteiger partial charge in [-0.25, -0.2) is 0 Å². The molecule has 0 saturated carbocycles. The van der Waals surface area contributed by atoms with E-state index in [4.69, 9.17) is 4.74 Å². The Hall–Kier alpha value is -1.22. The molecule has 0 radical (unpaired) electrons. The summed E-state index contributed by atoms with van der Waals surface area (Å²) in [5.74, 6) is 1.73. The van der Waals surface area contributed by atoms with Crippen molar-refractivity contribution in [2.75, 3.05) is 32.2 Å². The SMILES string of the molecule is CCc1cc(N(C)CC(CO)C(C)C)ccc1OC. The molecule has 1 aromatic carbocycles. The molecule has 3 nitrogen and oxygen atoms in total. The number of ether oxygens (including phenoxy) is 1. The van der Waals surface area contributed by atoms with Crippen LogP contribution in [0.15, 0.2) is 18.2 Å². The van der Waals surface area contributed by atoms with E-state index < -0.39 is 0 Å².